The Labute approximate surface area is 253 Å². The van der Waals surface area contributed by atoms with Crippen molar-refractivity contribution >= 4 is 23.7 Å². The molecule has 0 aliphatic carbocycles. The predicted molar refractivity (Wildman–Crippen MR) is 156 cm³/mol. The van der Waals surface area contributed by atoms with Crippen LogP contribution in [0.3, 0.4) is 0 Å². The summed E-state index contributed by atoms with van der Waals surface area (Å²) in [6, 6.07) is 5.00. The van der Waals surface area contributed by atoms with Gasteiger partial charge in [-0.05, 0) is 6.07 Å². The summed E-state index contributed by atoms with van der Waals surface area (Å²) in [7, 11) is 0. The van der Waals surface area contributed by atoms with Gasteiger partial charge in [0, 0.05) is 12.8 Å². The molecule has 3 aliphatic heterocycles. The summed E-state index contributed by atoms with van der Waals surface area (Å²) in [5.74, 6) is -1.37. The minimum absolute atomic E-state index is 0.00822. The van der Waals surface area contributed by atoms with Crippen LogP contribution in [-0.4, -0.2) is 108 Å². The zero-order valence-electron chi connectivity index (χ0n) is 25.5. The standard InChI is InChI=1S/C31H47IN3O7/c1-5-6-15-33(16-8-7-14-32(2,3)4)29(38)20-34-19-23(22-9-10-25-26(18-22)42-21-41-25)30(31(39)40)24(34)13-17-35-27(36)11-12-28(35)37/h9-10,18,23-24,30H,5-8,11-17,19-21H2,1-4H3,(H,39,40)/q-1/t23-,24+,30-/m1/s1. The van der Waals surface area contributed by atoms with E-state index in [2.05, 4.69) is 21.7 Å². The molecule has 2 fully saturated rings. The Morgan fingerprint density at radius 1 is 1.02 bits per heavy atom. The fourth-order valence-corrected chi connectivity index (χ4v) is 9.08. The summed E-state index contributed by atoms with van der Waals surface area (Å²) < 4.78 is 12.3. The van der Waals surface area contributed by atoms with Gasteiger partial charge in [0.2, 0.25) is 18.6 Å². The number of benzene rings is 1. The zero-order chi connectivity index (χ0) is 30.4. The van der Waals surface area contributed by atoms with Gasteiger partial charge in [0.05, 0.1) is 0 Å². The van der Waals surface area contributed by atoms with E-state index in [1.807, 2.05) is 21.9 Å². The van der Waals surface area contributed by atoms with E-state index in [0.29, 0.717) is 37.6 Å². The summed E-state index contributed by atoms with van der Waals surface area (Å²) in [5.41, 5.74) is 0.815. The monoisotopic (exact) mass is 700 g/mol. The van der Waals surface area contributed by atoms with Gasteiger partial charge in [-0.1, -0.05) is 0 Å². The number of amides is 3. The van der Waals surface area contributed by atoms with E-state index in [1.165, 1.54) is 9.33 Å². The quantitative estimate of drug-likeness (QED) is 0.117. The zero-order valence-corrected chi connectivity index (χ0v) is 27.6. The van der Waals surface area contributed by atoms with E-state index in [-0.39, 0.29) is 56.4 Å². The molecule has 0 aromatic heterocycles. The summed E-state index contributed by atoms with van der Waals surface area (Å²) >= 11 is -1.57. The molecular formula is C31H47IN3O7-. The van der Waals surface area contributed by atoms with Gasteiger partial charge in [-0.2, -0.15) is 0 Å². The molecule has 1 aromatic rings. The SMILES string of the molecule is CCCCN(CCCC[I-](C)(C)C)C(=O)CN1C[C@H](c2ccc3c(c2)OCO3)[C@@H](C(=O)O)[C@@H]1CCN1C(=O)CCC1=O. The van der Waals surface area contributed by atoms with Crippen molar-refractivity contribution in [3.05, 3.63) is 23.8 Å². The molecular weight excluding hydrogens is 653 g/mol. The normalized spacial score (nSPS) is 22.7. The van der Waals surface area contributed by atoms with Crippen LogP contribution >= 0.6 is 0 Å². The van der Waals surface area contributed by atoms with Crippen molar-refractivity contribution in [2.45, 2.75) is 63.8 Å². The molecule has 0 unspecified atom stereocenters. The van der Waals surface area contributed by atoms with E-state index in [1.54, 1.807) is 6.07 Å². The van der Waals surface area contributed by atoms with Crippen molar-refractivity contribution in [1.82, 2.24) is 14.7 Å². The number of unbranched alkanes of at least 4 members (excludes halogenated alkanes) is 2. The van der Waals surface area contributed by atoms with Crippen LogP contribution in [0.2, 0.25) is 0 Å². The first kappa shape index (κ1) is 32.5. The number of carbonyl (C=O) groups is 4. The van der Waals surface area contributed by atoms with Gasteiger partial charge < -0.3 is 9.47 Å². The number of carboxylic acids is 1. The molecule has 3 heterocycles. The van der Waals surface area contributed by atoms with Gasteiger partial charge in [-0.15, -0.1) is 0 Å². The van der Waals surface area contributed by atoms with Crippen molar-refractivity contribution in [2.75, 3.05) is 58.7 Å². The molecule has 3 aliphatic rings. The van der Waals surface area contributed by atoms with Gasteiger partial charge in [0.1, 0.15) is 0 Å². The number of fused-ring (bicyclic) bond motifs is 1. The van der Waals surface area contributed by atoms with E-state index in [0.717, 1.165) is 31.2 Å². The Morgan fingerprint density at radius 3 is 2.38 bits per heavy atom. The minimum Gasteiger partial charge on any atom is -0.274 e. The van der Waals surface area contributed by atoms with E-state index < -0.39 is 36.4 Å². The van der Waals surface area contributed by atoms with Gasteiger partial charge in [-0.3, -0.25) is 9.59 Å². The van der Waals surface area contributed by atoms with Crippen LogP contribution in [-0.2, 0) is 19.2 Å². The average molecular weight is 701 g/mol. The number of rotatable bonds is 15. The number of alkyl halides is 4. The number of imide groups is 1. The second-order valence-electron chi connectivity index (χ2n) is 12.4. The third-order valence-corrected chi connectivity index (χ3v) is 12.5. The third kappa shape index (κ3) is 8.15. The fourth-order valence-electron chi connectivity index (χ4n) is 6.25. The third-order valence-electron chi connectivity index (χ3n) is 8.51. The smallest absolute Gasteiger partial charge is 0.274 e. The molecule has 42 heavy (non-hydrogen) atoms. The molecule has 0 saturated carbocycles. The molecule has 0 radical (unpaired) electrons. The minimum atomic E-state index is -1.57. The van der Waals surface area contributed by atoms with Crippen LogP contribution < -0.4 is 27.9 Å². The van der Waals surface area contributed by atoms with Crippen LogP contribution in [0, 0.1) is 5.92 Å². The second-order valence-corrected chi connectivity index (χ2v) is 24.5. The first-order valence-corrected chi connectivity index (χ1v) is 23.0. The number of carbonyl (C=O) groups excluding carboxylic acids is 3. The molecule has 2 saturated heterocycles. The summed E-state index contributed by atoms with van der Waals surface area (Å²) in [5, 5.41) is 10.5. The van der Waals surface area contributed by atoms with Crippen LogP contribution in [0.4, 0.5) is 0 Å². The van der Waals surface area contributed by atoms with Crippen molar-refractivity contribution < 1.29 is 52.2 Å². The Hall–Kier alpha value is -2.41. The summed E-state index contributed by atoms with van der Waals surface area (Å²) in [6.07, 6.45) is 4.68. The molecule has 3 amide bonds. The van der Waals surface area contributed by atoms with Crippen LogP contribution in [0.25, 0.3) is 0 Å². The Balaban J connectivity index is 1.54. The topological polar surface area (TPSA) is 117 Å². The first-order chi connectivity index (χ1) is 20.0. The van der Waals surface area contributed by atoms with Gasteiger partial charge >= 0.3 is 186 Å². The van der Waals surface area contributed by atoms with Gasteiger partial charge in [-0.25, -0.2) is 0 Å². The molecule has 1 N–H and O–H groups in total. The Kier molecular flexibility index (Phi) is 11.1. The number of ether oxygens (including phenoxy) is 2. The van der Waals surface area contributed by atoms with Crippen LogP contribution in [0.15, 0.2) is 18.2 Å². The van der Waals surface area contributed by atoms with Crippen LogP contribution in [0.1, 0.15) is 63.4 Å². The number of nitrogens with zero attached hydrogens (tertiary/aromatic N) is 3. The number of carboxylic acid groups (broad SMARTS) is 1. The van der Waals surface area contributed by atoms with Gasteiger partial charge in [0.25, 0.3) is 0 Å². The van der Waals surface area contributed by atoms with E-state index in [9.17, 15) is 24.3 Å². The van der Waals surface area contributed by atoms with E-state index >= 15 is 0 Å². The Morgan fingerprint density at radius 2 is 1.71 bits per heavy atom. The van der Waals surface area contributed by atoms with Crippen LogP contribution in [0.5, 0.6) is 11.5 Å². The molecule has 11 heteroatoms. The van der Waals surface area contributed by atoms with Crippen molar-refractivity contribution in [3.63, 3.8) is 0 Å². The molecule has 4 rings (SSSR count). The summed E-state index contributed by atoms with van der Waals surface area (Å²) in [4.78, 5) is 63.6. The maximum atomic E-state index is 13.8. The summed E-state index contributed by atoms with van der Waals surface area (Å²) in [6.45, 7) is 4.28. The number of hydrogen-bond donors (Lipinski definition) is 1. The number of halogens is 1. The van der Waals surface area contributed by atoms with Crippen molar-refractivity contribution in [3.8, 4) is 11.5 Å². The molecule has 0 spiro atoms. The number of aliphatic carboxylic acids is 1. The molecule has 1 aromatic carbocycles. The second kappa shape index (κ2) is 14.4. The molecule has 236 valence electrons. The molecule has 10 nitrogen and oxygen atoms in total. The van der Waals surface area contributed by atoms with E-state index in [4.69, 9.17) is 9.47 Å². The Bertz CT molecular complexity index is 1140. The molecule has 3 atom stereocenters. The van der Waals surface area contributed by atoms with Crippen molar-refractivity contribution in [2.24, 2.45) is 5.92 Å². The fraction of sp³-hybridized carbons (Fsp3) is 0.677. The number of hydrogen-bond acceptors (Lipinski definition) is 7. The predicted octanol–water partition coefficient (Wildman–Crippen LogP) is -0.118. The van der Waals surface area contributed by atoms with Gasteiger partial charge in [0.15, 0.2) is 11.5 Å². The molecule has 0 bridgehead atoms. The first-order valence-electron chi connectivity index (χ1n) is 15.0. The maximum absolute atomic E-state index is 13.8. The number of likely N-dealkylation sites (tertiary alicyclic amines) is 2. The average Bonchev–Trinajstić information content (AvgIpc) is 3.63. The van der Waals surface area contributed by atoms with Crippen molar-refractivity contribution in [1.29, 1.82) is 0 Å².